The number of anilines is 1. The Morgan fingerprint density at radius 3 is 2.47 bits per heavy atom. The number of nitrogen functional groups attached to an aromatic ring is 1. The fourth-order valence-electron chi connectivity index (χ4n) is 1.81. The highest BCUT2D eigenvalue weighted by Crippen LogP contribution is 2.33. The normalized spacial score (nSPS) is 9.94. The molecule has 84 valence electrons. The maximum Gasteiger partial charge on any atom is 0.101 e. The van der Waals surface area contributed by atoms with Gasteiger partial charge in [-0.3, -0.25) is 0 Å². The highest BCUT2D eigenvalue weighted by Gasteiger charge is 2.10. The summed E-state index contributed by atoms with van der Waals surface area (Å²) in [5.74, 6) is 0. The van der Waals surface area contributed by atoms with E-state index in [4.69, 9.17) is 22.6 Å². The van der Waals surface area contributed by atoms with Crippen LogP contribution in [-0.2, 0) is 0 Å². The second-order valence-electron chi connectivity index (χ2n) is 3.80. The molecule has 3 heteroatoms. The highest BCUT2D eigenvalue weighted by molar-refractivity contribution is 6.33. The first kappa shape index (κ1) is 11.5. The van der Waals surface area contributed by atoms with Crippen molar-refractivity contribution in [3.8, 4) is 17.2 Å². The van der Waals surface area contributed by atoms with Crippen molar-refractivity contribution in [2.45, 2.75) is 6.92 Å². The molecule has 0 fully saturated rings. The van der Waals surface area contributed by atoms with Crippen molar-refractivity contribution >= 4 is 17.3 Å². The third-order valence-corrected chi connectivity index (χ3v) is 3.24. The first-order chi connectivity index (χ1) is 8.15. The predicted molar refractivity (Wildman–Crippen MR) is 70.8 cm³/mol. The Kier molecular flexibility index (Phi) is 3.03. The Balaban J connectivity index is 2.67. The highest BCUT2D eigenvalue weighted by atomic mass is 35.5. The summed E-state index contributed by atoms with van der Waals surface area (Å²) in [5.41, 5.74) is 9.91. The summed E-state index contributed by atoms with van der Waals surface area (Å²) in [6.07, 6.45) is 0. The molecule has 0 unspecified atom stereocenters. The van der Waals surface area contributed by atoms with Gasteiger partial charge in [0.1, 0.15) is 6.07 Å². The summed E-state index contributed by atoms with van der Waals surface area (Å²) < 4.78 is 0. The molecule has 0 aliphatic carbocycles. The minimum atomic E-state index is 0.488. The van der Waals surface area contributed by atoms with Gasteiger partial charge < -0.3 is 5.73 Å². The van der Waals surface area contributed by atoms with Crippen LogP contribution in [0, 0.1) is 18.3 Å². The Bertz CT molecular complexity index is 612. The second kappa shape index (κ2) is 4.48. The summed E-state index contributed by atoms with van der Waals surface area (Å²) in [7, 11) is 0. The van der Waals surface area contributed by atoms with Crippen molar-refractivity contribution < 1.29 is 0 Å². The van der Waals surface area contributed by atoms with E-state index in [0.717, 1.165) is 16.7 Å². The van der Waals surface area contributed by atoms with Crippen LogP contribution in [0.3, 0.4) is 0 Å². The maximum atomic E-state index is 8.90. The number of hydrogen-bond acceptors (Lipinski definition) is 2. The molecule has 17 heavy (non-hydrogen) atoms. The fraction of sp³-hybridized carbons (Fsp3) is 0.0714. The van der Waals surface area contributed by atoms with Gasteiger partial charge in [0.2, 0.25) is 0 Å². The summed E-state index contributed by atoms with van der Waals surface area (Å²) in [4.78, 5) is 0. The minimum absolute atomic E-state index is 0.488. The number of hydrogen-bond donors (Lipinski definition) is 1. The summed E-state index contributed by atoms with van der Waals surface area (Å²) in [5, 5.41) is 9.39. The van der Waals surface area contributed by atoms with Gasteiger partial charge in [0, 0.05) is 11.3 Å². The van der Waals surface area contributed by atoms with E-state index in [0.29, 0.717) is 16.3 Å². The lowest BCUT2D eigenvalue weighted by Gasteiger charge is -2.11. The molecular formula is C14H11ClN2. The van der Waals surface area contributed by atoms with E-state index < -0.39 is 0 Å². The third-order valence-electron chi connectivity index (χ3n) is 2.76. The number of benzene rings is 2. The van der Waals surface area contributed by atoms with E-state index in [-0.39, 0.29) is 0 Å². The van der Waals surface area contributed by atoms with Crippen LogP contribution < -0.4 is 5.73 Å². The molecule has 2 aromatic rings. The van der Waals surface area contributed by atoms with E-state index in [9.17, 15) is 0 Å². The van der Waals surface area contributed by atoms with Gasteiger partial charge in [-0.15, -0.1) is 0 Å². The van der Waals surface area contributed by atoms with Gasteiger partial charge in [-0.05, 0) is 30.2 Å². The molecule has 0 saturated carbocycles. The summed E-state index contributed by atoms with van der Waals surface area (Å²) >= 11 is 6.14. The maximum absolute atomic E-state index is 8.90. The lowest BCUT2D eigenvalue weighted by atomic mass is 9.97. The zero-order valence-corrected chi connectivity index (χ0v) is 10.1. The van der Waals surface area contributed by atoms with E-state index in [2.05, 4.69) is 6.07 Å². The number of rotatable bonds is 1. The second-order valence-corrected chi connectivity index (χ2v) is 4.18. The Morgan fingerprint density at radius 2 is 1.82 bits per heavy atom. The average molecular weight is 243 g/mol. The molecule has 0 radical (unpaired) electrons. The smallest absolute Gasteiger partial charge is 0.101 e. The standard InChI is InChI=1S/C14H11ClN2/c1-9-11(7-6-10(8-16)14(9)15)12-4-2-3-5-13(12)17/h2-7H,17H2,1H3. The largest absolute Gasteiger partial charge is 0.398 e. The van der Waals surface area contributed by atoms with Crippen molar-refractivity contribution in [3.05, 3.63) is 52.5 Å². The zero-order chi connectivity index (χ0) is 12.4. The van der Waals surface area contributed by atoms with Crippen LogP contribution in [0.4, 0.5) is 5.69 Å². The molecule has 0 aliphatic rings. The van der Waals surface area contributed by atoms with Crippen molar-refractivity contribution in [1.82, 2.24) is 0 Å². The van der Waals surface area contributed by atoms with Crippen LogP contribution in [0.1, 0.15) is 11.1 Å². The molecule has 0 bridgehead atoms. The van der Waals surface area contributed by atoms with Crippen molar-refractivity contribution in [2.75, 3.05) is 5.73 Å². The Morgan fingerprint density at radius 1 is 1.12 bits per heavy atom. The molecule has 2 nitrogen and oxygen atoms in total. The van der Waals surface area contributed by atoms with Crippen LogP contribution in [0.2, 0.25) is 5.02 Å². The van der Waals surface area contributed by atoms with Crippen molar-refractivity contribution in [2.24, 2.45) is 0 Å². The van der Waals surface area contributed by atoms with Crippen molar-refractivity contribution in [3.63, 3.8) is 0 Å². The first-order valence-electron chi connectivity index (χ1n) is 5.19. The molecular weight excluding hydrogens is 232 g/mol. The first-order valence-corrected chi connectivity index (χ1v) is 5.57. The molecule has 2 rings (SSSR count). The predicted octanol–water partition coefficient (Wildman–Crippen LogP) is 3.77. The monoisotopic (exact) mass is 242 g/mol. The lowest BCUT2D eigenvalue weighted by molar-refractivity contribution is 1.41. The minimum Gasteiger partial charge on any atom is -0.398 e. The van der Waals surface area contributed by atoms with E-state index in [1.807, 2.05) is 37.3 Å². The molecule has 0 atom stereocenters. The van der Waals surface area contributed by atoms with Crippen LogP contribution >= 0.6 is 11.6 Å². The molecule has 0 saturated heterocycles. The number of nitriles is 1. The van der Waals surface area contributed by atoms with Crippen molar-refractivity contribution in [1.29, 1.82) is 5.26 Å². The van der Waals surface area contributed by atoms with Gasteiger partial charge in [0.15, 0.2) is 0 Å². The number of halogens is 1. The number of nitrogens with two attached hydrogens (primary N) is 1. The Labute approximate surface area is 105 Å². The van der Waals surface area contributed by atoms with Gasteiger partial charge in [-0.25, -0.2) is 0 Å². The van der Waals surface area contributed by atoms with Gasteiger partial charge >= 0.3 is 0 Å². The zero-order valence-electron chi connectivity index (χ0n) is 9.37. The summed E-state index contributed by atoms with van der Waals surface area (Å²) in [6.45, 7) is 1.89. The molecule has 0 amide bonds. The number of para-hydroxylation sites is 1. The van der Waals surface area contributed by atoms with E-state index >= 15 is 0 Å². The van der Waals surface area contributed by atoms with Gasteiger partial charge in [-0.1, -0.05) is 35.9 Å². The van der Waals surface area contributed by atoms with Crippen LogP contribution in [-0.4, -0.2) is 0 Å². The van der Waals surface area contributed by atoms with E-state index in [1.54, 1.807) is 6.07 Å². The van der Waals surface area contributed by atoms with Crippen LogP contribution in [0.25, 0.3) is 11.1 Å². The molecule has 2 N–H and O–H groups in total. The third kappa shape index (κ3) is 1.98. The molecule has 0 aromatic heterocycles. The molecule has 0 aliphatic heterocycles. The SMILES string of the molecule is Cc1c(-c2ccccc2N)ccc(C#N)c1Cl. The molecule has 0 heterocycles. The van der Waals surface area contributed by atoms with Gasteiger partial charge in [0.05, 0.1) is 10.6 Å². The molecule has 0 spiro atoms. The van der Waals surface area contributed by atoms with Gasteiger partial charge in [-0.2, -0.15) is 5.26 Å². The average Bonchev–Trinajstić information content (AvgIpc) is 2.34. The van der Waals surface area contributed by atoms with Crippen LogP contribution in [0.15, 0.2) is 36.4 Å². The lowest BCUT2D eigenvalue weighted by Crippen LogP contribution is -1.93. The van der Waals surface area contributed by atoms with Gasteiger partial charge in [0.25, 0.3) is 0 Å². The topological polar surface area (TPSA) is 49.8 Å². The van der Waals surface area contributed by atoms with E-state index in [1.165, 1.54) is 0 Å². The fourth-order valence-corrected chi connectivity index (χ4v) is 2.01. The Hall–Kier alpha value is -1.98. The summed E-state index contributed by atoms with van der Waals surface area (Å²) in [6, 6.07) is 13.3. The van der Waals surface area contributed by atoms with Crippen LogP contribution in [0.5, 0.6) is 0 Å². The molecule has 2 aromatic carbocycles. The quantitative estimate of drug-likeness (QED) is 0.774. The number of nitrogens with zero attached hydrogens (tertiary/aromatic N) is 1.